The van der Waals surface area contributed by atoms with Crippen LogP contribution in [0, 0.1) is 0 Å². The van der Waals surface area contributed by atoms with Crippen molar-refractivity contribution in [3.8, 4) is 5.75 Å². The molecule has 12 nitrogen and oxygen atoms in total. The number of benzene rings is 1. The number of alkyl halides is 1. The molecule has 0 spiro atoms. The van der Waals surface area contributed by atoms with Crippen LogP contribution in [0.3, 0.4) is 0 Å². The summed E-state index contributed by atoms with van der Waals surface area (Å²) in [4.78, 5) is 42.7. The number of nitrogens with zero attached hydrogens (tertiary/aromatic N) is 2. The topological polar surface area (TPSA) is 160 Å². The number of para-hydroxylation sites is 1. The fraction of sp³-hybridized carbons (Fsp3) is 0.421. The Labute approximate surface area is 187 Å². The Balaban J connectivity index is 1.74. The lowest BCUT2D eigenvalue weighted by Crippen LogP contribution is -2.43. The Bertz CT molecular complexity index is 1120. The van der Waals surface area contributed by atoms with E-state index in [-0.39, 0.29) is 5.75 Å². The van der Waals surface area contributed by atoms with E-state index >= 15 is 4.39 Å². The highest BCUT2D eigenvalue weighted by atomic mass is 31.1. The highest BCUT2D eigenvalue weighted by Gasteiger charge is 2.55. The molecule has 3 N–H and O–H groups in total. The summed E-state index contributed by atoms with van der Waals surface area (Å²) >= 11 is 0. The molecular formula is C19H23FN3O9P. The second kappa shape index (κ2) is 9.98. The van der Waals surface area contributed by atoms with Crippen molar-refractivity contribution in [1.82, 2.24) is 14.4 Å². The monoisotopic (exact) mass is 487 g/mol. The molecule has 1 saturated heterocycles. The predicted octanol–water partition coefficient (Wildman–Crippen LogP) is 0.698. The fourth-order valence-corrected chi connectivity index (χ4v) is 4.19. The molecule has 2 aromatic rings. The van der Waals surface area contributed by atoms with Crippen LogP contribution >= 0.6 is 8.18 Å². The zero-order valence-electron chi connectivity index (χ0n) is 17.6. The van der Waals surface area contributed by atoms with Crippen LogP contribution in [0.1, 0.15) is 20.1 Å². The van der Waals surface area contributed by atoms with Gasteiger partial charge in [-0.25, -0.2) is 9.18 Å². The first-order chi connectivity index (χ1) is 15.5. The van der Waals surface area contributed by atoms with E-state index in [1.54, 1.807) is 18.2 Å². The fourth-order valence-electron chi connectivity index (χ4n) is 3.15. The minimum absolute atomic E-state index is 0.207. The zero-order valence-corrected chi connectivity index (χ0v) is 18.6. The largest absolute Gasteiger partial charge is 0.480 e. The van der Waals surface area contributed by atoms with Crippen LogP contribution in [-0.2, 0) is 18.6 Å². The molecule has 1 fully saturated rings. The maximum atomic E-state index is 15.2. The predicted molar refractivity (Wildman–Crippen MR) is 112 cm³/mol. The number of carboxylic acids is 1. The van der Waals surface area contributed by atoms with Gasteiger partial charge in [0.05, 0.1) is 6.61 Å². The van der Waals surface area contributed by atoms with Crippen LogP contribution < -0.4 is 16.1 Å². The molecule has 6 atom stereocenters. The zero-order chi connectivity index (χ0) is 24.3. The third kappa shape index (κ3) is 5.40. The Morgan fingerprint density at radius 2 is 2.03 bits per heavy atom. The first-order valence-electron chi connectivity index (χ1n) is 9.78. The maximum absolute atomic E-state index is 15.2. The number of hydrogen-bond acceptors (Lipinski definition) is 8. The van der Waals surface area contributed by atoms with Gasteiger partial charge in [-0.2, -0.15) is 0 Å². The molecule has 1 aliphatic rings. The number of hydrogen-bond donors (Lipinski definition) is 3. The van der Waals surface area contributed by atoms with Gasteiger partial charge in [0, 0.05) is 12.3 Å². The first-order valence-corrected chi connectivity index (χ1v) is 11.0. The van der Waals surface area contributed by atoms with Gasteiger partial charge in [-0.15, -0.1) is 0 Å². The molecule has 1 unspecified atom stereocenters. The Kier molecular flexibility index (Phi) is 7.50. The van der Waals surface area contributed by atoms with Gasteiger partial charge in [-0.3, -0.25) is 23.7 Å². The molecular weight excluding hydrogens is 464 g/mol. The van der Waals surface area contributed by atoms with Crippen molar-refractivity contribution in [3.05, 3.63) is 63.4 Å². The van der Waals surface area contributed by atoms with Crippen LogP contribution in [0.25, 0.3) is 0 Å². The van der Waals surface area contributed by atoms with Crippen LogP contribution in [0.5, 0.6) is 5.75 Å². The average Bonchev–Trinajstić information content (AvgIpc) is 2.99. The smallest absolute Gasteiger partial charge is 0.330 e. The molecule has 1 aromatic heterocycles. The SMILES string of the molecule is CC(C(=O)O)N(Oc1ccccc1)[P@@H](=O)OC[C@H]1O[C@@H](n2ccc(=O)[nH]c2=O)[C@](C)(F)[C@@H]1O. The van der Waals surface area contributed by atoms with E-state index in [1.807, 2.05) is 4.98 Å². The van der Waals surface area contributed by atoms with Crippen molar-refractivity contribution in [2.45, 2.75) is 44.0 Å². The molecule has 14 heteroatoms. The molecule has 0 amide bonds. The van der Waals surface area contributed by atoms with Gasteiger partial charge in [-0.05, 0) is 26.0 Å². The van der Waals surface area contributed by atoms with Gasteiger partial charge in [-0.1, -0.05) is 23.0 Å². The molecule has 3 rings (SSSR count). The molecule has 0 aliphatic carbocycles. The molecule has 0 radical (unpaired) electrons. The third-order valence-electron chi connectivity index (χ3n) is 5.03. The molecule has 33 heavy (non-hydrogen) atoms. The molecule has 180 valence electrons. The number of halogens is 1. The number of aliphatic hydroxyl groups is 1. The van der Waals surface area contributed by atoms with Gasteiger partial charge in [0.2, 0.25) is 0 Å². The summed E-state index contributed by atoms with van der Waals surface area (Å²) in [6.07, 6.45) is -3.75. The number of aliphatic carboxylic acids is 1. The Hall–Kier alpha value is -2.83. The average molecular weight is 487 g/mol. The quantitative estimate of drug-likeness (QED) is 0.339. The van der Waals surface area contributed by atoms with Crippen LogP contribution in [0.2, 0.25) is 0 Å². The van der Waals surface area contributed by atoms with Crippen LogP contribution in [0.4, 0.5) is 4.39 Å². The number of nitrogens with one attached hydrogen (secondary N) is 1. The number of ether oxygens (including phenoxy) is 1. The van der Waals surface area contributed by atoms with Gasteiger partial charge in [0.25, 0.3) is 13.7 Å². The van der Waals surface area contributed by atoms with Crippen molar-refractivity contribution in [2.75, 3.05) is 6.61 Å². The van der Waals surface area contributed by atoms with Gasteiger partial charge in [0.1, 0.15) is 24.0 Å². The normalized spacial score (nSPS) is 26.8. The van der Waals surface area contributed by atoms with Crippen molar-refractivity contribution in [1.29, 1.82) is 0 Å². The molecule has 0 bridgehead atoms. The van der Waals surface area contributed by atoms with E-state index in [0.717, 1.165) is 23.8 Å². The minimum atomic E-state index is -3.36. The number of H-pyrrole nitrogens is 1. The van der Waals surface area contributed by atoms with Crippen molar-refractivity contribution in [2.24, 2.45) is 0 Å². The number of carbonyl (C=O) groups is 1. The Morgan fingerprint density at radius 1 is 1.36 bits per heavy atom. The van der Waals surface area contributed by atoms with Gasteiger partial charge < -0.3 is 24.3 Å². The van der Waals surface area contributed by atoms with E-state index in [1.165, 1.54) is 19.1 Å². The summed E-state index contributed by atoms with van der Waals surface area (Å²) in [5.74, 6) is -1.13. The number of rotatable bonds is 9. The second-order valence-electron chi connectivity index (χ2n) is 7.46. The van der Waals surface area contributed by atoms with Crippen molar-refractivity contribution < 1.29 is 38.1 Å². The van der Waals surface area contributed by atoms with E-state index < -0.39 is 62.2 Å². The van der Waals surface area contributed by atoms with Crippen LogP contribution in [0.15, 0.2) is 52.2 Å². The number of aromatic amines is 1. The second-order valence-corrected chi connectivity index (χ2v) is 8.72. The third-order valence-corrected chi connectivity index (χ3v) is 6.28. The standard InChI is InChI=1S/C19H23FN3O9P/c1-11(16(26)27)23(32-12-6-4-3-5-7-12)33(29)30-10-13-15(25)19(2,20)17(31-13)22-9-8-14(24)21-18(22)28/h3-9,11,13,15,17,25,33H,10H2,1-2H3,(H,26,27)(H,21,24,28)/t11?,13-,15-,17-,19-/m1/s1. The number of carboxylic acid groups (broad SMARTS) is 1. The number of aliphatic hydroxyl groups excluding tert-OH is 1. The van der Waals surface area contributed by atoms with Gasteiger partial charge in [0.15, 0.2) is 11.9 Å². The van der Waals surface area contributed by atoms with E-state index in [4.69, 9.17) is 14.1 Å². The first kappa shape index (κ1) is 24.8. The van der Waals surface area contributed by atoms with Crippen molar-refractivity contribution in [3.63, 3.8) is 0 Å². The van der Waals surface area contributed by atoms with E-state index in [2.05, 4.69) is 0 Å². The highest BCUT2D eigenvalue weighted by molar-refractivity contribution is 7.36. The lowest BCUT2D eigenvalue weighted by Gasteiger charge is -2.26. The van der Waals surface area contributed by atoms with E-state index in [0.29, 0.717) is 4.83 Å². The summed E-state index contributed by atoms with van der Waals surface area (Å²) < 4.78 is 39.4. The summed E-state index contributed by atoms with van der Waals surface area (Å²) in [6.45, 7) is 1.63. The number of hydroxylamine groups is 1. The molecule has 1 aliphatic heterocycles. The Morgan fingerprint density at radius 3 is 2.64 bits per heavy atom. The van der Waals surface area contributed by atoms with Crippen LogP contribution in [-0.4, -0.2) is 61.1 Å². The summed E-state index contributed by atoms with van der Waals surface area (Å²) in [5, 5.41) is 19.7. The summed E-state index contributed by atoms with van der Waals surface area (Å²) in [5.41, 5.74) is -4.11. The highest BCUT2D eigenvalue weighted by Crippen LogP contribution is 2.42. The molecule has 0 saturated carbocycles. The van der Waals surface area contributed by atoms with E-state index in [9.17, 15) is 29.2 Å². The lowest BCUT2D eigenvalue weighted by atomic mass is 9.98. The van der Waals surface area contributed by atoms with Gasteiger partial charge >= 0.3 is 11.7 Å². The maximum Gasteiger partial charge on any atom is 0.330 e. The summed E-state index contributed by atoms with van der Waals surface area (Å²) in [6, 6.07) is 7.60. The van der Waals surface area contributed by atoms with Crippen molar-refractivity contribution >= 4 is 14.1 Å². The molecule has 1 aromatic carbocycles. The minimum Gasteiger partial charge on any atom is -0.480 e. The summed E-state index contributed by atoms with van der Waals surface area (Å²) in [7, 11) is -3.36. The lowest BCUT2D eigenvalue weighted by molar-refractivity contribution is -0.148. The number of aromatic nitrogens is 2. The molecule has 2 heterocycles.